The molecule has 2 heterocycles. The first kappa shape index (κ1) is 18.7. The fraction of sp³-hybridized carbons (Fsp3) is 0.130. The molecule has 2 aromatic carbocycles. The molecule has 0 unspecified atom stereocenters. The van der Waals surface area contributed by atoms with Crippen molar-refractivity contribution in [2.45, 2.75) is 13.5 Å². The third kappa shape index (κ3) is 3.96. The van der Waals surface area contributed by atoms with E-state index in [0.717, 1.165) is 16.5 Å². The maximum Gasteiger partial charge on any atom is 0.418 e. The molecule has 145 valence electrons. The second kappa shape index (κ2) is 8.14. The number of ether oxygens (including phenoxy) is 1. The molecule has 1 radical (unpaired) electrons. The maximum atomic E-state index is 13.1. The topological polar surface area (TPSA) is 47.4 Å². The molecule has 0 bridgehead atoms. The molecule has 0 spiro atoms. The van der Waals surface area contributed by atoms with Gasteiger partial charge in [-0.05, 0) is 55.0 Å². The number of aromatic nitrogens is 2. The third-order valence-electron chi connectivity index (χ3n) is 4.56. The van der Waals surface area contributed by atoms with E-state index in [4.69, 9.17) is 4.74 Å². The van der Waals surface area contributed by atoms with Crippen molar-refractivity contribution in [1.29, 1.82) is 0 Å². The van der Waals surface area contributed by atoms with E-state index in [9.17, 15) is 9.18 Å². The first-order valence-corrected chi connectivity index (χ1v) is 9.27. The van der Waals surface area contributed by atoms with Gasteiger partial charge in [0.25, 0.3) is 0 Å². The molecule has 0 fully saturated rings. The lowest BCUT2D eigenvalue weighted by molar-refractivity contribution is 0.162. The number of pyridine rings is 1. The number of fused-ring (bicyclic) bond motifs is 1. The molecule has 0 aliphatic rings. The van der Waals surface area contributed by atoms with Crippen LogP contribution >= 0.6 is 0 Å². The van der Waals surface area contributed by atoms with Gasteiger partial charge in [-0.25, -0.2) is 14.1 Å². The molecule has 4 aromatic rings. The lowest BCUT2D eigenvalue weighted by Crippen LogP contribution is -2.26. The number of halogens is 1. The van der Waals surface area contributed by atoms with Crippen molar-refractivity contribution < 1.29 is 13.9 Å². The Hall–Kier alpha value is -3.67. The van der Waals surface area contributed by atoms with Crippen LogP contribution < -0.4 is 4.90 Å². The van der Waals surface area contributed by atoms with Gasteiger partial charge in [-0.1, -0.05) is 12.1 Å². The second-order valence-corrected chi connectivity index (χ2v) is 6.47. The average Bonchev–Trinajstić information content (AvgIpc) is 3.13. The lowest BCUT2D eigenvalue weighted by Gasteiger charge is -2.22. The van der Waals surface area contributed by atoms with Gasteiger partial charge in [-0.3, -0.25) is 4.98 Å². The fourth-order valence-electron chi connectivity index (χ4n) is 3.20. The number of carbonyl (C=O) groups is 1. The molecule has 0 N–H and O–H groups in total. The van der Waals surface area contributed by atoms with Crippen molar-refractivity contribution in [2.24, 2.45) is 0 Å². The number of hydrogen-bond acceptors (Lipinski definition) is 3. The highest BCUT2D eigenvalue weighted by Crippen LogP contribution is 2.29. The maximum absolute atomic E-state index is 13.1. The number of benzene rings is 2. The summed E-state index contributed by atoms with van der Waals surface area (Å²) in [5, 5.41) is 0.868. The van der Waals surface area contributed by atoms with Crippen molar-refractivity contribution in [2.75, 3.05) is 11.5 Å². The second-order valence-electron chi connectivity index (χ2n) is 6.47. The quantitative estimate of drug-likeness (QED) is 0.465. The summed E-state index contributed by atoms with van der Waals surface area (Å²) in [5.74, 6) is -0.252. The van der Waals surface area contributed by atoms with Gasteiger partial charge in [0.2, 0.25) is 0 Å². The Balaban J connectivity index is 1.69. The first-order valence-electron chi connectivity index (χ1n) is 9.27. The van der Waals surface area contributed by atoms with Crippen LogP contribution in [0.4, 0.5) is 20.6 Å². The first-order chi connectivity index (χ1) is 14.2. The zero-order valence-corrected chi connectivity index (χ0v) is 15.9. The number of hydrogen-bond donors (Lipinski definition) is 0. The number of amides is 1. The van der Waals surface area contributed by atoms with E-state index in [1.54, 1.807) is 43.6 Å². The average molecular weight is 388 g/mol. The Morgan fingerprint density at radius 2 is 1.86 bits per heavy atom. The monoisotopic (exact) mass is 388 g/mol. The summed E-state index contributed by atoms with van der Waals surface area (Å²) in [5.41, 5.74) is 3.31. The molecule has 29 heavy (non-hydrogen) atoms. The van der Waals surface area contributed by atoms with Crippen LogP contribution in [0.15, 0.2) is 73.2 Å². The standard InChI is InChI=1S/C23H19FN3O2/c1-2-29-23(28)27(20-9-12-25-13-10-20)21-7-8-22-18(15-21)11-14-26(22)16-17-3-5-19(24)6-4-17/h3-10,12-15H,2,16H2,1H3. The lowest BCUT2D eigenvalue weighted by atomic mass is 10.2. The van der Waals surface area contributed by atoms with Gasteiger partial charge >= 0.3 is 6.09 Å². The van der Waals surface area contributed by atoms with Gasteiger partial charge in [0.05, 0.1) is 18.0 Å². The van der Waals surface area contributed by atoms with Crippen LogP contribution in [0.1, 0.15) is 12.5 Å². The Morgan fingerprint density at radius 3 is 2.59 bits per heavy atom. The summed E-state index contributed by atoms with van der Waals surface area (Å²) >= 11 is 0. The highest BCUT2D eigenvalue weighted by atomic mass is 19.1. The van der Waals surface area contributed by atoms with Crippen molar-refractivity contribution in [3.05, 3.63) is 90.6 Å². The summed E-state index contributed by atoms with van der Waals surface area (Å²) in [7, 11) is 0. The Bertz CT molecular complexity index is 1120. The van der Waals surface area contributed by atoms with Gasteiger partial charge in [0.1, 0.15) is 5.82 Å². The van der Waals surface area contributed by atoms with Crippen molar-refractivity contribution in [3.63, 3.8) is 0 Å². The Morgan fingerprint density at radius 1 is 1.10 bits per heavy atom. The van der Waals surface area contributed by atoms with E-state index in [0.29, 0.717) is 17.9 Å². The molecule has 0 atom stereocenters. The molecule has 0 aliphatic carbocycles. The molecule has 6 heteroatoms. The van der Waals surface area contributed by atoms with E-state index in [1.807, 2.05) is 29.0 Å². The van der Waals surface area contributed by atoms with E-state index in [2.05, 4.69) is 11.1 Å². The number of carbonyl (C=O) groups excluding carboxylic acids is 1. The molecule has 0 saturated heterocycles. The molecule has 4 rings (SSSR count). The van der Waals surface area contributed by atoms with Gasteiger partial charge in [0.15, 0.2) is 0 Å². The van der Waals surface area contributed by atoms with Crippen LogP contribution in [0.5, 0.6) is 0 Å². The summed E-state index contributed by atoms with van der Waals surface area (Å²) in [4.78, 5) is 18.1. The highest BCUT2D eigenvalue weighted by molar-refractivity contribution is 5.98. The predicted octanol–water partition coefficient (Wildman–Crippen LogP) is 5.32. The van der Waals surface area contributed by atoms with Gasteiger partial charge < -0.3 is 9.30 Å². The summed E-state index contributed by atoms with van der Waals surface area (Å²) in [6, 6.07) is 18.9. The highest BCUT2D eigenvalue weighted by Gasteiger charge is 2.20. The molecule has 5 nitrogen and oxygen atoms in total. The molecule has 2 aromatic heterocycles. The van der Waals surface area contributed by atoms with E-state index in [1.165, 1.54) is 17.0 Å². The summed E-state index contributed by atoms with van der Waals surface area (Å²) in [6.45, 7) is 2.66. The van der Waals surface area contributed by atoms with Crippen molar-refractivity contribution >= 4 is 28.4 Å². The minimum absolute atomic E-state index is 0.252. The number of anilines is 2. The van der Waals surface area contributed by atoms with Crippen LogP contribution in [0.25, 0.3) is 10.9 Å². The molecular formula is C23H19FN3O2. The normalized spacial score (nSPS) is 10.8. The summed E-state index contributed by atoms with van der Waals surface area (Å²) in [6.07, 6.45) is 4.67. The number of rotatable bonds is 5. The zero-order chi connectivity index (χ0) is 20.2. The van der Waals surface area contributed by atoms with Crippen LogP contribution in [-0.2, 0) is 11.3 Å². The molecular weight excluding hydrogens is 369 g/mol. The van der Waals surface area contributed by atoms with Crippen molar-refractivity contribution in [3.8, 4) is 0 Å². The van der Waals surface area contributed by atoms with E-state index in [-0.39, 0.29) is 12.4 Å². The van der Waals surface area contributed by atoms with Gasteiger partial charge in [0, 0.05) is 42.1 Å². The zero-order valence-electron chi connectivity index (χ0n) is 15.9. The van der Waals surface area contributed by atoms with Crippen LogP contribution in [0.2, 0.25) is 0 Å². The van der Waals surface area contributed by atoms with Gasteiger partial charge in [-0.15, -0.1) is 0 Å². The van der Waals surface area contributed by atoms with Crippen molar-refractivity contribution in [1.82, 2.24) is 9.55 Å². The minimum Gasteiger partial charge on any atom is -0.449 e. The fourth-order valence-corrected chi connectivity index (χ4v) is 3.20. The summed E-state index contributed by atoms with van der Waals surface area (Å²) < 4.78 is 20.4. The Kier molecular flexibility index (Phi) is 5.24. The van der Waals surface area contributed by atoms with Gasteiger partial charge in [-0.2, -0.15) is 0 Å². The molecule has 0 saturated carbocycles. The third-order valence-corrected chi connectivity index (χ3v) is 4.56. The molecule has 0 aliphatic heterocycles. The largest absolute Gasteiger partial charge is 0.449 e. The van der Waals surface area contributed by atoms with Crippen LogP contribution in [0, 0.1) is 11.9 Å². The van der Waals surface area contributed by atoms with Crippen LogP contribution in [0.3, 0.4) is 0 Å². The number of nitrogens with zero attached hydrogens (tertiary/aromatic N) is 3. The minimum atomic E-state index is -0.455. The molecule has 1 amide bonds. The SMILES string of the molecule is CCOC(=O)N(c1ccncc1)c1ccc2c([c]cn2Cc2ccc(F)cc2)c1. The smallest absolute Gasteiger partial charge is 0.418 e. The van der Waals surface area contributed by atoms with Crippen LogP contribution in [-0.4, -0.2) is 22.3 Å². The predicted molar refractivity (Wildman–Crippen MR) is 110 cm³/mol. The van der Waals surface area contributed by atoms with E-state index >= 15 is 0 Å². The van der Waals surface area contributed by atoms with E-state index < -0.39 is 6.09 Å². The Labute approximate surface area is 168 Å².